The first kappa shape index (κ1) is 16.0. The van der Waals surface area contributed by atoms with Crippen molar-refractivity contribution in [1.29, 1.82) is 0 Å². The number of aromatic nitrogens is 2. The van der Waals surface area contributed by atoms with Crippen LogP contribution in [0.1, 0.15) is 25.8 Å². The number of carbonyl (C=O) groups is 2. The van der Waals surface area contributed by atoms with Crippen LogP contribution in [-0.2, 0) is 4.79 Å². The fourth-order valence-electron chi connectivity index (χ4n) is 2.45. The average Bonchev–Trinajstić information content (AvgIpc) is 3.22. The summed E-state index contributed by atoms with van der Waals surface area (Å²) in [5.74, 6) is 0.574. The Hall–Kier alpha value is -2.90. The molecule has 0 aliphatic carbocycles. The van der Waals surface area contributed by atoms with Gasteiger partial charge in [-0.25, -0.2) is 4.79 Å². The van der Waals surface area contributed by atoms with Gasteiger partial charge in [0.05, 0.1) is 0 Å². The minimum atomic E-state index is -0.602. The first-order chi connectivity index (χ1) is 11.5. The summed E-state index contributed by atoms with van der Waals surface area (Å²) in [7, 11) is 0. The maximum atomic E-state index is 12.3. The second-order valence-corrected chi connectivity index (χ2v) is 5.96. The Labute approximate surface area is 139 Å². The van der Waals surface area contributed by atoms with E-state index in [1.54, 1.807) is 0 Å². The molecule has 0 unspecified atom stereocenters. The van der Waals surface area contributed by atoms with Crippen molar-refractivity contribution in [1.82, 2.24) is 26.1 Å². The summed E-state index contributed by atoms with van der Waals surface area (Å²) in [6.07, 6.45) is 0. The Morgan fingerprint density at radius 3 is 2.71 bits per heavy atom. The van der Waals surface area contributed by atoms with Crippen LogP contribution in [0.15, 0.2) is 34.9 Å². The Morgan fingerprint density at radius 1 is 1.33 bits per heavy atom. The van der Waals surface area contributed by atoms with E-state index in [0.717, 1.165) is 5.56 Å². The third-order valence-electron chi connectivity index (χ3n) is 3.79. The van der Waals surface area contributed by atoms with Crippen molar-refractivity contribution in [3.05, 3.63) is 36.2 Å². The summed E-state index contributed by atoms with van der Waals surface area (Å²) in [6, 6.07) is 8.09. The molecule has 0 spiro atoms. The molecule has 0 radical (unpaired) electrons. The highest BCUT2D eigenvalue weighted by Crippen LogP contribution is 2.23. The van der Waals surface area contributed by atoms with E-state index in [1.165, 1.54) is 0 Å². The lowest BCUT2D eigenvalue weighted by molar-refractivity contribution is -0.123. The standard InChI is InChI=1S/C16H19N5O3/c1-9(2)12(19-14(22)11-8-17-16(23)18-11)15-20-13(21-24-15)10-6-4-3-5-7-10/h3-7,9,11-12H,8H2,1-2H3,(H,19,22)(H2,17,18,23)/t11-,12+/m1/s1. The molecule has 0 saturated carbocycles. The van der Waals surface area contributed by atoms with Gasteiger partial charge in [-0.1, -0.05) is 49.3 Å². The number of hydrogen-bond donors (Lipinski definition) is 3. The molecule has 0 bridgehead atoms. The minimum absolute atomic E-state index is 0.0445. The molecule has 8 nitrogen and oxygen atoms in total. The van der Waals surface area contributed by atoms with Crippen LogP contribution in [-0.4, -0.2) is 34.7 Å². The normalized spacial score (nSPS) is 18.1. The van der Waals surface area contributed by atoms with Crippen LogP contribution in [0.25, 0.3) is 11.4 Å². The van der Waals surface area contributed by atoms with E-state index in [0.29, 0.717) is 11.7 Å². The molecule has 126 valence electrons. The fourth-order valence-corrected chi connectivity index (χ4v) is 2.45. The molecule has 1 aromatic heterocycles. The maximum Gasteiger partial charge on any atom is 0.315 e. The largest absolute Gasteiger partial charge is 0.342 e. The molecule has 1 saturated heterocycles. The van der Waals surface area contributed by atoms with E-state index in [4.69, 9.17) is 4.52 Å². The maximum absolute atomic E-state index is 12.3. The monoisotopic (exact) mass is 329 g/mol. The van der Waals surface area contributed by atoms with Gasteiger partial charge in [0.2, 0.25) is 17.6 Å². The van der Waals surface area contributed by atoms with Crippen molar-refractivity contribution in [2.24, 2.45) is 5.92 Å². The van der Waals surface area contributed by atoms with Crippen LogP contribution in [0.5, 0.6) is 0 Å². The SMILES string of the molecule is CC(C)[C@H](NC(=O)[C@H]1CNC(=O)N1)c1nc(-c2ccccc2)no1. The lowest BCUT2D eigenvalue weighted by atomic mass is 10.0. The molecule has 2 atom stereocenters. The molecule has 2 heterocycles. The number of nitrogens with zero attached hydrogens (tertiary/aromatic N) is 2. The second kappa shape index (κ2) is 6.69. The molecule has 1 aliphatic heterocycles. The Bertz CT molecular complexity index is 728. The quantitative estimate of drug-likeness (QED) is 0.764. The highest BCUT2D eigenvalue weighted by Gasteiger charge is 2.31. The molecule has 2 aromatic rings. The van der Waals surface area contributed by atoms with Crippen LogP contribution in [0, 0.1) is 5.92 Å². The smallest absolute Gasteiger partial charge is 0.315 e. The number of nitrogens with one attached hydrogen (secondary N) is 3. The lowest BCUT2D eigenvalue weighted by Gasteiger charge is -2.20. The summed E-state index contributed by atoms with van der Waals surface area (Å²) < 4.78 is 5.35. The summed E-state index contributed by atoms with van der Waals surface area (Å²) in [5.41, 5.74) is 0.841. The van der Waals surface area contributed by atoms with Gasteiger partial charge in [0.15, 0.2) is 0 Å². The van der Waals surface area contributed by atoms with Crippen molar-refractivity contribution in [3.63, 3.8) is 0 Å². The summed E-state index contributed by atoms with van der Waals surface area (Å²) >= 11 is 0. The van der Waals surface area contributed by atoms with Gasteiger partial charge in [0.25, 0.3) is 0 Å². The topological polar surface area (TPSA) is 109 Å². The van der Waals surface area contributed by atoms with Crippen molar-refractivity contribution >= 4 is 11.9 Å². The van der Waals surface area contributed by atoms with Crippen LogP contribution in [0.2, 0.25) is 0 Å². The number of rotatable bonds is 5. The molecule has 1 fully saturated rings. The van der Waals surface area contributed by atoms with Gasteiger partial charge in [-0.2, -0.15) is 4.98 Å². The van der Waals surface area contributed by atoms with Gasteiger partial charge in [-0.15, -0.1) is 0 Å². The van der Waals surface area contributed by atoms with Gasteiger partial charge in [-0.05, 0) is 5.92 Å². The molecular weight excluding hydrogens is 310 g/mol. The van der Waals surface area contributed by atoms with Crippen LogP contribution >= 0.6 is 0 Å². The third-order valence-corrected chi connectivity index (χ3v) is 3.79. The average molecular weight is 329 g/mol. The zero-order chi connectivity index (χ0) is 17.1. The first-order valence-electron chi connectivity index (χ1n) is 7.78. The van der Waals surface area contributed by atoms with Gasteiger partial charge in [0, 0.05) is 12.1 Å². The first-order valence-corrected chi connectivity index (χ1v) is 7.78. The van der Waals surface area contributed by atoms with E-state index < -0.39 is 12.1 Å². The predicted octanol–water partition coefficient (Wildman–Crippen LogP) is 1.23. The lowest BCUT2D eigenvalue weighted by Crippen LogP contribution is -2.45. The van der Waals surface area contributed by atoms with Crippen LogP contribution in [0.3, 0.4) is 0 Å². The van der Waals surface area contributed by atoms with Gasteiger partial charge in [-0.3, -0.25) is 4.79 Å². The summed E-state index contributed by atoms with van der Waals surface area (Å²) in [5, 5.41) is 12.0. The molecule has 8 heteroatoms. The van der Waals surface area contributed by atoms with Crippen molar-refractivity contribution < 1.29 is 14.1 Å². The van der Waals surface area contributed by atoms with Crippen molar-refractivity contribution in [2.75, 3.05) is 6.54 Å². The molecule has 24 heavy (non-hydrogen) atoms. The van der Waals surface area contributed by atoms with E-state index in [-0.39, 0.29) is 24.4 Å². The highest BCUT2D eigenvalue weighted by molar-refractivity contribution is 5.90. The van der Waals surface area contributed by atoms with E-state index >= 15 is 0 Å². The summed E-state index contributed by atoms with van der Waals surface area (Å²) in [6.45, 7) is 4.15. The number of carbonyl (C=O) groups excluding carboxylic acids is 2. The third kappa shape index (κ3) is 3.37. The van der Waals surface area contributed by atoms with Crippen LogP contribution < -0.4 is 16.0 Å². The Morgan fingerprint density at radius 2 is 2.08 bits per heavy atom. The highest BCUT2D eigenvalue weighted by atomic mass is 16.5. The minimum Gasteiger partial charge on any atom is -0.342 e. The zero-order valence-electron chi connectivity index (χ0n) is 13.4. The molecular formula is C16H19N5O3. The predicted molar refractivity (Wildman–Crippen MR) is 85.8 cm³/mol. The number of amides is 3. The fraction of sp³-hybridized carbons (Fsp3) is 0.375. The Balaban J connectivity index is 1.75. The molecule has 1 aromatic carbocycles. The second-order valence-electron chi connectivity index (χ2n) is 5.96. The van der Waals surface area contributed by atoms with Gasteiger partial charge in [0.1, 0.15) is 12.1 Å². The van der Waals surface area contributed by atoms with E-state index in [1.807, 2.05) is 44.2 Å². The van der Waals surface area contributed by atoms with Gasteiger partial charge < -0.3 is 20.5 Å². The molecule has 3 N–H and O–H groups in total. The number of benzene rings is 1. The van der Waals surface area contributed by atoms with Crippen LogP contribution in [0.4, 0.5) is 4.79 Å². The van der Waals surface area contributed by atoms with Crippen molar-refractivity contribution in [2.45, 2.75) is 25.9 Å². The number of hydrogen-bond acceptors (Lipinski definition) is 5. The van der Waals surface area contributed by atoms with E-state index in [2.05, 4.69) is 26.1 Å². The summed E-state index contributed by atoms with van der Waals surface area (Å²) in [4.78, 5) is 27.9. The van der Waals surface area contributed by atoms with Crippen molar-refractivity contribution in [3.8, 4) is 11.4 Å². The zero-order valence-corrected chi connectivity index (χ0v) is 13.4. The number of urea groups is 1. The van der Waals surface area contributed by atoms with E-state index in [9.17, 15) is 9.59 Å². The molecule has 3 rings (SSSR count). The van der Waals surface area contributed by atoms with Gasteiger partial charge >= 0.3 is 6.03 Å². The molecule has 1 aliphatic rings. The molecule has 3 amide bonds. The Kier molecular flexibility index (Phi) is 4.45.